The summed E-state index contributed by atoms with van der Waals surface area (Å²) in [4.78, 5) is 68.1. The molecule has 53 heavy (non-hydrogen) atoms. The summed E-state index contributed by atoms with van der Waals surface area (Å²) >= 11 is 0. The van der Waals surface area contributed by atoms with Crippen molar-refractivity contribution in [3.63, 3.8) is 0 Å². The van der Waals surface area contributed by atoms with Gasteiger partial charge in [0.15, 0.2) is 5.78 Å². The van der Waals surface area contributed by atoms with Gasteiger partial charge in [-0.1, -0.05) is 26.0 Å². The minimum Gasteiger partial charge on any atom is -0.377 e. The van der Waals surface area contributed by atoms with Crippen LogP contribution in [-0.4, -0.2) is 78.4 Å². The smallest absolute Gasteiger partial charge is 0.377 e. The monoisotopic (exact) mass is 732 g/mol. The van der Waals surface area contributed by atoms with Gasteiger partial charge in [0.25, 0.3) is 0 Å². The Morgan fingerprint density at radius 1 is 1.06 bits per heavy atom. The summed E-state index contributed by atoms with van der Waals surface area (Å²) in [5.41, 5.74) is -0.147. The minimum absolute atomic E-state index is 0.128. The second-order valence-corrected chi connectivity index (χ2v) is 14.8. The molecule has 0 unspecified atom stereocenters. The number of alkyl halides is 3. The average Bonchev–Trinajstić information content (AvgIpc) is 3.52. The summed E-state index contributed by atoms with van der Waals surface area (Å²) in [7, 11) is 0. The third kappa shape index (κ3) is 6.99. The van der Waals surface area contributed by atoms with Crippen molar-refractivity contribution in [3.05, 3.63) is 65.5 Å². The number of piperidine rings is 1. The highest BCUT2D eigenvalue weighted by atomic mass is 19.4. The number of halogens is 3. The van der Waals surface area contributed by atoms with E-state index in [2.05, 4.69) is 30.7 Å². The molecule has 16 heteroatoms. The summed E-state index contributed by atoms with van der Waals surface area (Å²) in [6, 6.07) is 5.88. The minimum atomic E-state index is -4.76. The number of nitrogens with zero attached hydrogens (tertiary/aromatic N) is 6. The Hall–Kier alpha value is -5.25. The highest BCUT2D eigenvalue weighted by Gasteiger charge is 2.67. The Kier molecular flexibility index (Phi) is 9.07. The van der Waals surface area contributed by atoms with E-state index < -0.39 is 46.6 Å². The van der Waals surface area contributed by atoms with Crippen molar-refractivity contribution in [2.45, 2.75) is 84.8 Å². The van der Waals surface area contributed by atoms with Crippen LogP contribution in [0.5, 0.6) is 0 Å². The lowest BCUT2D eigenvalue weighted by atomic mass is 9.86. The van der Waals surface area contributed by atoms with Crippen molar-refractivity contribution in [1.82, 2.24) is 34.9 Å². The fourth-order valence-corrected chi connectivity index (χ4v) is 7.44. The van der Waals surface area contributed by atoms with E-state index >= 15 is 0 Å². The Bertz CT molecular complexity index is 2130. The Labute approximate surface area is 302 Å². The molecule has 2 aliphatic heterocycles. The van der Waals surface area contributed by atoms with Crippen LogP contribution in [0.2, 0.25) is 0 Å². The standard InChI is InChI=1S/C37H39F3N8O5/c1-20(49)31-25-12-22(24-15-41-21(2)42-16-24)6-8-26(25)47(46-31)17-30(50)48-27-13-36(14-29(36)48)19-43-34(52)35(3,4)10-5-11-53-18-23-7-9-28(37(38,39)40)44-32(23)45-33(27)51/h6-9,12,15-16,27,29H,5,10-11,13-14,17-19H2,1-4H3,(H,43,52)(H,44,45,51)/t27-,29+,36-/m0/s1. The second-order valence-electron chi connectivity index (χ2n) is 14.8. The number of nitrogens with one attached hydrogen (secondary N) is 2. The molecule has 3 atom stereocenters. The van der Waals surface area contributed by atoms with Gasteiger partial charge in [-0.25, -0.2) is 15.0 Å². The molecule has 1 spiro atoms. The largest absolute Gasteiger partial charge is 0.433 e. The number of amides is 3. The van der Waals surface area contributed by atoms with E-state index in [1.54, 1.807) is 31.5 Å². The van der Waals surface area contributed by atoms with Crippen LogP contribution in [0, 0.1) is 17.8 Å². The molecule has 1 saturated carbocycles. The van der Waals surface area contributed by atoms with E-state index in [1.165, 1.54) is 22.6 Å². The SMILES string of the molecule is CC(=O)c1nn(CC(=O)N2[C@H]3C[C@@]4(CNC(=O)C(C)(C)CCCOCc5ccc(C(F)(F)F)nc5NC3=O)C[C@@H]24)c2ccc(-c3cnc(C)nc3)cc12. The number of ether oxygens (including phenoxy) is 1. The molecular weight excluding hydrogens is 693 g/mol. The Balaban J connectivity index is 1.22. The molecule has 0 radical (unpaired) electrons. The summed E-state index contributed by atoms with van der Waals surface area (Å²) in [5, 5.41) is 10.6. The van der Waals surface area contributed by atoms with Crippen molar-refractivity contribution in [1.29, 1.82) is 0 Å². The van der Waals surface area contributed by atoms with E-state index in [-0.39, 0.29) is 61.5 Å². The zero-order chi connectivity index (χ0) is 37.9. The third-order valence-electron chi connectivity index (χ3n) is 10.6. The summed E-state index contributed by atoms with van der Waals surface area (Å²) in [5.74, 6) is -1.36. The number of hydrogen-bond donors (Lipinski definition) is 2. The first kappa shape index (κ1) is 36.1. The molecule has 1 aliphatic carbocycles. The number of pyridine rings is 1. The van der Waals surface area contributed by atoms with Gasteiger partial charge in [-0.2, -0.15) is 18.3 Å². The van der Waals surface area contributed by atoms with Crippen LogP contribution in [0.1, 0.15) is 74.0 Å². The Morgan fingerprint density at radius 2 is 1.81 bits per heavy atom. The molecule has 1 aromatic carbocycles. The quantitative estimate of drug-likeness (QED) is 0.279. The van der Waals surface area contributed by atoms with E-state index in [0.29, 0.717) is 36.0 Å². The number of fused-ring (bicyclic) bond motifs is 3. The summed E-state index contributed by atoms with van der Waals surface area (Å²) < 4.78 is 48.3. The lowest BCUT2D eigenvalue weighted by Crippen LogP contribution is -2.47. The fraction of sp³-hybridized carbons (Fsp3) is 0.459. The first-order valence-corrected chi connectivity index (χ1v) is 17.4. The van der Waals surface area contributed by atoms with Gasteiger partial charge in [-0.15, -0.1) is 0 Å². The first-order valence-electron chi connectivity index (χ1n) is 17.4. The van der Waals surface area contributed by atoms with Crippen molar-refractivity contribution in [3.8, 4) is 11.1 Å². The molecule has 2 fully saturated rings. The van der Waals surface area contributed by atoms with Crippen LogP contribution >= 0.6 is 0 Å². The average molecular weight is 733 g/mol. The maximum absolute atomic E-state index is 14.3. The van der Waals surface area contributed by atoms with Crippen molar-refractivity contribution >= 4 is 40.2 Å². The van der Waals surface area contributed by atoms with Crippen LogP contribution in [0.25, 0.3) is 22.0 Å². The normalized spacial score (nSPS) is 23.2. The zero-order valence-electron chi connectivity index (χ0n) is 29.7. The van der Waals surface area contributed by atoms with Gasteiger partial charge < -0.3 is 20.3 Å². The van der Waals surface area contributed by atoms with Crippen LogP contribution < -0.4 is 10.6 Å². The number of ketones is 1. The van der Waals surface area contributed by atoms with Gasteiger partial charge in [0.05, 0.1) is 12.1 Å². The number of anilines is 1. The van der Waals surface area contributed by atoms with Gasteiger partial charge in [-0.05, 0) is 56.4 Å². The molecule has 4 aromatic rings. The lowest BCUT2D eigenvalue weighted by molar-refractivity contribution is -0.141. The summed E-state index contributed by atoms with van der Waals surface area (Å²) in [6.07, 6.45) is 0.286. The van der Waals surface area contributed by atoms with Crippen molar-refractivity contribution in [2.75, 3.05) is 18.5 Å². The number of rotatable bonds is 4. The van der Waals surface area contributed by atoms with E-state index in [0.717, 1.165) is 17.2 Å². The molecule has 7 rings (SSSR count). The maximum Gasteiger partial charge on any atom is 0.433 e. The molecule has 2 bridgehead atoms. The number of likely N-dealkylation sites (tertiary alicyclic amines) is 1. The molecule has 3 amide bonds. The topological polar surface area (TPSA) is 161 Å². The maximum atomic E-state index is 14.3. The van der Waals surface area contributed by atoms with Crippen LogP contribution in [0.15, 0.2) is 42.7 Å². The molecule has 1 saturated heterocycles. The van der Waals surface area contributed by atoms with E-state index in [1.807, 2.05) is 19.9 Å². The van der Waals surface area contributed by atoms with Crippen molar-refractivity contribution < 1.29 is 37.1 Å². The molecule has 278 valence electrons. The fourth-order valence-electron chi connectivity index (χ4n) is 7.44. The summed E-state index contributed by atoms with van der Waals surface area (Å²) in [6.45, 7) is 6.80. The number of aromatic nitrogens is 5. The molecule has 2 N–H and O–H groups in total. The molecule has 13 nitrogen and oxygen atoms in total. The van der Waals surface area contributed by atoms with E-state index in [9.17, 15) is 32.3 Å². The highest BCUT2D eigenvalue weighted by molar-refractivity contribution is 6.06. The molecule has 3 aliphatic rings. The number of Topliss-reactive ketones (excluding diaryl/α,β-unsaturated/α-hetero) is 1. The highest BCUT2D eigenvalue weighted by Crippen LogP contribution is 2.59. The number of aryl methyl sites for hydroxylation is 1. The number of benzene rings is 1. The number of hydrogen-bond acceptors (Lipinski definition) is 9. The molecule has 5 heterocycles. The van der Waals surface area contributed by atoms with Crippen LogP contribution in [0.3, 0.4) is 0 Å². The van der Waals surface area contributed by atoms with Crippen LogP contribution in [0.4, 0.5) is 19.0 Å². The molecular formula is C37H39F3N8O5. The third-order valence-corrected chi connectivity index (χ3v) is 10.6. The van der Waals surface area contributed by atoms with E-state index in [4.69, 9.17) is 4.74 Å². The van der Waals surface area contributed by atoms with Gasteiger partial charge in [0, 0.05) is 65.9 Å². The van der Waals surface area contributed by atoms with Crippen LogP contribution in [-0.2, 0) is 38.4 Å². The number of carbonyl (C=O) groups is 4. The second kappa shape index (κ2) is 13.3. The van der Waals surface area contributed by atoms with Crippen molar-refractivity contribution in [2.24, 2.45) is 10.8 Å². The van der Waals surface area contributed by atoms with Gasteiger partial charge in [0.1, 0.15) is 35.6 Å². The predicted octanol–water partition coefficient (Wildman–Crippen LogP) is 4.87. The molecule has 3 aromatic heterocycles. The lowest BCUT2D eigenvalue weighted by Gasteiger charge is -2.27. The van der Waals surface area contributed by atoms with Gasteiger partial charge in [0.2, 0.25) is 17.7 Å². The van der Waals surface area contributed by atoms with Gasteiger partial charge in [-0.3, -0.25) is 23.9 Å². The first-order chi connectivity index (χ1) is 25.1. The van der Waals surface area contributed by atoms with Gasteiger partial charge >= 0.3 is 6.18 Å². The Morgan fingerprint density at radius 3 is 2.53 bits per heavy atom. The predicted molar refractivity (Wildman–Crippen MR) is 185 cm³/mol. The number of carbonyl (C=O) groups excluding carboxylic acids is 4. The zero-order valence-corrected chi connectivity index (χ0v) is 29.7.